The van der Waals surface area contributed by atoms with E-state index in [0.29, 0.717) is 29.5 Å². The first-order valence-electron chi connectivity index (χ1n) is 10.5. The van der Waals surface area contributed by atoms with Crippen LogP contribution in [0.3, 0.4) is 0 Å². The van der Waals surface area contributed by atoms with Gasteiger partial charge in [0, 0.05) is 22.4 Å². The van der Waals surface area contributed by atoms with Crippen molar-refractivity contribution in [2.45, 2.75) is 39.8 Å². The molecular weight excluding hydrogens is 506 g/mol. The van der Waals surface area contributed by atoms with E-state index in [0.717, 1.165) is 32.6 Å². The summed E-state index contributed by atoms with van der Waals surface area (Å²) in [5, 5.41) is 0.516. The molecule has 0 spiro atoms. The van der Waals surface area contributed by atoms with Crippen LogP contribution >= 0.6 is 27.3 Å². The monoisotopic (exact) mass is 529 g/mol. The number of benzene rings is 1. The van der Waals surface area contributed by atoms with Crippen molar-refractivity contribution in [2.24, 2.45) is 0 Å². The number of thiophene rings is 1. The van der Waals surface area contributed by atoms with Gasteiger partial charge >= 0.3 is 11.9 Å². The van der Waals surface area contributed by atoms with Crippen molar-refractivity contribution in [3.8, 4) is 5.06 Å². The summed E-state index contributed by atoms with van der Waals surface area (Å²) in [5.41, 5.74) is 4.17. The highest BCUT2D eigenvalue weighted by atomic mass is 79.9. The van der Waals surface area contributed by atoms with Gasteiger partial charge in [-0.2, -0.15) is 0 Å². The molecule has 9 heteroatoms. The van der Waals surface area contributed by atoms with E-state index in [2.05, 4.69) is 30.8 Å². The summed E-state index contributed by atoms with van der Waals surface area (Å²) in [4.78, 5) is 37.4. The first-order valence-corrected chi connectivity index (χ1v) is 12.1. The molecule has 2 aromatic heterocycles. The first-order chi connectivity index (χ1) is 15.8. The van der Waals surface area contributed by atoms with Crippen molar-refractivity contribution in [3.05, 3.63) is 73.6 Å². The van der Waals surface area contributed by atoms with Crippen molar-refractivity contribution >= 4 is 39.2 Å². The van der Waals surface area contributed by atoms with Gasteiger partial charge in [0.1, 0.15) is 6.04 Å². The zero-order valence-corrected chi connectivity index (χ0v) is 21.2. The van der Waals surface area contributed by atoms with Crippen LogP contribution in [0.5, 0.6) is 5.06 Å². The van der Waals surface area contributed by atoms with Crippen LogP contribution < -0.4 is 4.74 Å². The fourth-order valence-corrected chi connectivity index (χ4v) is 5.44. The van der Waals surface area contributed by atoms with E-state index < -0.39 is 12.0 Å². The summed E-state index contributed by atoms with van der Waals surface area (Å²) in [6.45, 7) is 6.66. The van der Waals surface area contributed by atoms with Crippen LogP contribution in [0.15, 0.2) is 34.8 Å². The average molecular weight is 530 g/mol. The molecule has 0 radical (unpaired) electrons. The summed E-state index contributed by atoms with van der Waals surface area (Å²) in [7, 11) is 1.40. The van der Waals surface area contributed by atoms with E-state index in [1.54, 1.807) is 6.92 Å². The molecule has 0 N–H and O–H groups in total. The third kappa shape index (κ3) is 4.85. The third-order valence-corrected chi connectivity index (χ3v) is 7.57. The Bertz CT molecular complexity index is 1230. The molecule has 1 aliphatic heterocycles. The number of ether oxygens (including phenoxy) is 2. The van der Waals surface area contributed by atoms with E-state index >= 15 is 0 Å². The number of methoxy groups -OCH3 is 1. The second kappa shape index (κ2) is 9.70. The van der Waals surface area contributed by atoms with E-state index in [1.165, 1.54) is 18.4 Å². The van der Waals surface area contributed by atoms with E-state index in [9.17, 15) is 9.59 Å². The number of fused-ring (bicyclic) bond motifs is 1. The molecule has 1 unspecified atom stereocenters. The molecule has 3 aromatic rings. The maximum absolute atomic E-state index is 12.7. The molecular formula is C24H24BrN3O4S. The molecule has 1 atom stereocenters. The minimum atomic E-state index is -0.530. The van der Waals surface area contributed by atoms with E-state index in [1.807, 2.05) is 44.2 Å². The number of hydrogen-bond donors (Lipinski definition) is 0. The lowest BCUT2D eigenvalue weighted by atomic mass is 10.0. The zero-order valence-electron chi connectivity index (χ0n) is 18.8. The Balaban J connectivity index is 1.55. The van der Waals surface area contributed by atoms with Gasteiger partial charge in [0.15, 0.2) is 10.8 Å². The molecule has 4 rings (SSSR count). The smallest absolute Gasteiger partial charge is 0.365 e. The first kappa shape index (κ1) is 23.5. The largest absolute Gasteiger partial charge is 0.468 e. The van der Waals surface area contributed by atoms with Gasteiger partial charge in [-0.05, 0) is 50.5 Å². The molecule has 172 valence electrons. The van der Waals surface area contributed by atoms with Crippen molar-refractivity contribution in [3.63, 3.8) is 0 Å². The van der Waals surface area contributed by atoms with Gasteiger partial charge in [0.2, 0.25) is 0 Å². The van der Waals surface area contributed by atoms with Crippen LogP contribution in [0, 0.1) is 20.8 Å². The van der Waals surface area contributed by atoms with Gasteiger partial charge in [-0.25, -0.2) is 14.6 Å². The maximum atomic E-state index is 12.7. The molecule has 1 aromatic carbocycles. The number of aromatic nitrogens is 2. The number of nitrogens with zero attached hydrogens (tertiary/aromatic N) is 3. The Morgan fingerprint density at radius 1 is 1.12 bits per heavy atom. The molecule has 1 aliphatic rings. The van der Waals surface area contributed by atoms with Crippen LogP contribution in [-0.2, 0) is 22.5 Å². The fraction of sp³-hybridized carbons (Fsp3) is 0.333. The Morgan fingerprint density at radius 3 is 2.58 bits per heavy atom. The predicted molar refractivity (Wildman–Crippen MR) is 129 cm³/mol. The summed E-state index contributed by atoms with van der Waals surface area (Å²) in [6.07, 6.45) is 0.748. The van der Waals surface area contributed by atoms with Gasteiger partial charge in [-0.3, -0.25) is 9.88 Å². The minimum Gasteiger partial charge on any atom is -0.468 e. The van der Waals surface area contributed by atoms with Crippen molar-refractivity contribution in [2.75, 3.05) is 13.7 Å². The Kier molecular flexibility index (Phi) is 6.92. The Morgan fingerprint density at radius 2 is 1.85 bits per heavy atom. The van der Waals surface area contributed by atoms with Gasteiger partial charge in [0.25, 0.3) is 0 Å². The molecule has 7 nitrogen and oxygen atoms in total. The lowest BCUT2D eigenvalue weighted by molar-refractivity contribution is -0.147. The summed E-state index contributed by atoms with van der Waals surface area (Å²) < 4.78 is 11.6. The van der Waals surface area contributed by atoms with E-state index in [-0.39, 0.29) is 11.7 Å². The molecule has 0 amide bonds. The lowest BCUT2D eigenvalue weighted by Crippen LogP contribution is -2.38. The molecule has 3 heterocycles. The summed E-state index contributed by atoms with van der Waals surface area (Å²) in [6, 6.07) is 9.01. The topological polar surface area (TPSA) is 81.6 Å². The lowest BCUT2D eigenvalue weighted by Gasteiger charge is -2.33. The Labute approximate surface area is 204 Å². The van der Waals surface area contributed by atoms with Crippen LogP contribution in [0.4, 0.5) is 0 Å². The number of hydrogen-bond acceptors (Lipinski definition) is 8. The predicted octanol–water partition coefficient (Wildman–Crippen LogP) is 4.72. The number of carbonyl (C=O) groups is 2. The highest BCUT2D eigenvalue weighted by Crippen LogP contribution is 2.38. The van der Waals surface area contributed by atoms with Gasteiger partial charge in [-0.15, -0.1) is 11.3 Å². The second-order valence-corrected chi connectivity index (χ2v) is 9.85. The summed E-state index contributed by atoms with van der Waals surface area (Å²) in [5.74, 6) is -0.824. The highest BCUT2D eigenvalue weighted by Gasteiger charge is 2.33. The number of rotatable bonds is 5. The normalized spacial score (nSPS) is 14.5. The molecule has 33 heavy (non-hydrogen) atoms. The minimum absolute atomic E-state index is 0.228. The van der Waals surface area contributed by atoms with Crippen molar-refractivity contribution in [1.82, 2.24) is 14.9 Å². The van der Waals surface area contributed by atoms with Crippen molar-refractivity contribution < 1.29 is 19.1 Å². The SMILES string of the molecule is COC(=O)C(c1ccccc1Br)N1CCc2sc(OC(=O)c3nc(C)c(C)nc3C)cc2C1. The molecule has 0 saturated carbocycles. The third-order valence-electron chi connectivity index (χ3n) is 5.73. The van der Waals surface area contributed by atoms with Gasteiger partial charge < -0.3 is 9.47 Å². The van der Waals surface area contributed by atoms with E-state index in [4.69, 9.17) is 9.47 Å². The maximum Gasteiger partial charge on any atom is 0.365 e. The van der Waals surface area contributed by atoms with Crippen LogP contribution in [0.25, 0.3) is 0 Å². The van der Waals surface area contributed by atoms with Gasteiger partial charge in [-0.1, -0.05) is 34.1 Å². The van der Waals surface area contributed by atoms with Gasteiger partial charge in [0.05, 0.1) is 24.2 Å². The van der Waals surface area contributed by atoms with Crippen molar-refractivity contribution in [1.29, 1.82) is 0 Å². The number of carbonyl (C=O) groups excluding carboxylic acids is 2. The average Bonchev–Trinajstić information content (AvgIpc) is 3.19. The summed E-state index contributed by atoms with van der Waals surface area (Å²) >= 11 is 5.02. The molecule has 0 aliphatic carbocycles. The number of esters is 2. The fourth-order valence-electron chi connectivity index (χ4n) is 3.93. The highest BCUT2D eigenvalue weighted by molar-refractivity contribution is 9.10. The van der Waals surface area contributed by atoms with Crippen LogP contribution in [-0.4, -0.2) is 40.5 Å². The Hall–Kier alpha value is -2.62. The molecule has 0 saturated heterocycles. The van der Waals surface area contributed by atoms with Crippen LogP contribution in [0.1, 0.15) is 49.6 Å². The second-order valence-electron chi connectivity index (χ2n) is 7.90. The zero-order chi connectivity index (χ0) is 23.7. The van der Waals surface area contributed by atoms with Crippen LogP contribution in [0.2, 0.25) is 0 Å². The molecule has 0 bridgehead atoms. The molecule has 0 fully saturated rings. The number of aryl methyl sites for hydroxylation is 3. The standard InChI is InChI=1S/C24H24BrN3O4S/c1-13-14(2)27-21(15(3)26-13)23(29)32-20-11-16-12-28(10-9-19(16)33-20)22(24(30)31-4)17-7-5-6-8-18(17)25/h5-8,11,22H,9-10,12H2,1-4H3. The number of halogens is 1. The quantitative estimate of drug-likeness (QED) is 0.442.